The van der Waals surface area contributed by atoms with Crippen molar-refractivity contribution in [2.24, 2.45) is 0 Å². The molecule has 0 atom stereocenters. The minimum atomic E-state index is 0.747. The number of benzene rings is 10. The number of thiophene rings is 1. The lowest BCUT2D eigenvalue weighted by molar-refractivity contribution is 0.490. The molecule has 0 saturated carbocycles. The van der Waals surface area contributed by atoms with Crippen LogP contribution >= 0.6 is 11.3 Å². The summed E-state index contributed by atoms with van der Waals surface area (Å²) in [5.74, 6) is 2.43. The number of rotatable bonds is 7. The Bertz CT molecular complexity index is 4660. The molecule has 0 amide bonds. The molecule has 0 fully saturated rings. The van der Waals surface area contributed by atoms with Crippen LogP contribution in [0, 0.1) is 6.92 Å². The summed E-state index contributed by atoms with van der Waals surface area (Å²) >= 11 is 1.78. The fourth-order valence-electron chi connectivity index (χ4n) is 12.5. The van der Waals surface area contributed by atoms with Crippen LogP contribution in [0.25, 0.3) is 114 Å². The second kappa shape index (κ2) is 16.4. The van der Waals surface area contributed by atoms with Crippen LogP contribution < -0.4 is 14.5 Å². The molecule has 0 aliphatic carbocycles. The fraction of sp³-hybridized carbons (Fsp3) is 0.0441. The Morgan fingerprint density at radius 2 is 0.934 bits per heavy atom. The molecule has 16 rings (SSSR count). The summed E-state index contributed by atoms with van der Waals surface area (Å²) in [5.41, 5.74) is 15.7. The van der Waals surface area contributed by atoms with Crippen LogP contribution in [0.15, 0.2) is 231 Å². The van der Waals surface area contributed by atoms with Crippen LogP contribution in [0.4, 0.5) is 17.1 Å². The van der Waals surface area contributed by atoms with Crippen molar-refractivity contribution in [1.29, 1.82) is 0 Å². The smallest absolute Gasteiger partial charge is 0.147 e. The second-order valence-corrected chi connectivity index (χ2v) is 21.1. The Morgan fingerprint density at radius 3 is 1.53 bits per heavy atom. The van der Waals surface area contributed by atoms with Crippen LogP contribution in [0.1, 0.15) is 5.56 Å². The van der Waals surface area contributed by atoms with Gasteiger partial charge in [0.05, 0.1) is 67.2 Å². The van der Waals surface area contributed by atoms with Gasteiger partial charge in [0, 0.05) is 90.0 Å². The summed E-state index contributed by atoms with van der Waals surface area (Å²) in [4.78, 5) is 10.2. The molecular weight excluding hydrogens is 949 g/mol. The zero-order valence-corrected chi connectivity index (χ0v) is 42.5. The minimum Gasteiger partial charge on any atom is -0.456 e. The minimum absolute atomic E-state index is 0.747. The average molecular weight is 995 g/mol. The molecule has 1 aliphatic rings. The lowest BCUT2D eigenvalue weighted by Crippen LogP contribution is -2.23. The molecule has 0 spiro atoms. The summed E-state index contributed by atoms with van der Waals surface area (Å²) in [5, 5.41) is 9.59. The van der Waals surface area contributed by atoms with Crippen molar-refractivity contribution < 1.29 is 4.74 Å². The first-order chi connectivity index (χ1) is 37.5. The first-order valence-electron chi connectivity index (χ1n) is 25.9. The highest BCUT2D eigenvalue weighted by Gasteiger charge is 2.27. The maximum absolute atomic E-state index is 7.18. The Morgan fingerprint density at radius 1 is 0.434 bits per heavy atom. The van der Waals surface area contributed by atoms with Gasteiger partial charge in [0.1, 0.15) is 17.3 Å². The van der Waals surface area contributed by atoms with Gasteiger partial charge >= 0.3 is 0 Å². The lowest BCUT2D eigenvalue weighted by Gasteiger charge is -2.21. The number of ether oxygens (including phenoxy) is 1. The molecule has 6 heterocycles. The van der Waals surface area contributed by atoms with E-state index in [2.05, 4.69) is 268 Å². The molecule has 360 valence electrons. The highest BCUT2D eigenvalue weighted by atomic mass is 32.1. The molecule has 0 unspecified atom stereocenters. The summed E-state index contributed by atoms with van der Waals surface area (Å²) in [6, 6.07) is 81.2. The molecule has 7 nitrogen and oxygen atoms in total. The van der Waals surface area contributed by atoms with Gasteiger partial charge in [-0.15, -0.1) is 11.3 Å². The molecule has 76 heavy (non-hydrogen) atoms. The van der Waals surface area contributed by atoms with Crippen LogP contribution in [0.2, 0.25) is 0 Å². The maximum atomic E-state index is 7.18. The van der Waals surface area contributed by atoms with Crippen LogP contribution in [-0.4, -0.2) is 32.4 Å². The predicted octanol–water partition coefficient (Wildman–Crippen LogP) is 18.1. The number of hydrogen-bond donors (Lipinski definition) is 0. The maximum Gasteiger partial charge on any atom is 0.147 e. The summed E-state index contributed by atoms with van der Waals surface area (Å²) in [6.07, 6.45) is 2.10. The van der Waals surface area contributed by atoms with Gasteiger partial charge in [0.15, 0.2) is 0 Å². The van der Waals surface area contributed by atoms with Crippen molar-refractivity contribution in [3.8, 4) is 39.8 Å². The third kappa shape index (κ3) is 6.25. The molecule has 10 aromatic carbocycles. The molecule has 1 aliphatic heterocycles. The topological polar surface area (TPSA) is 43.4 Å². The van der Waals surface area contributed by atoms with E-state index in [0.29, 0.717) is 0 Å². The van der Waals surface area contributed by atoms with E-state index >= 15 is 0 Å². The van der Waals surface area contributed by atoms with Gasteiger partial charge < -0.3 is 23.7 Å². The van der Waals surface area contributed by atoms with Crippen LogP contribution in [0.5, 0.6) is 11.5 Å². The van der Waals surface area contributed by atoms with E-state index in [1.807, 2.05) is 0 Å². The van der Waals surface area contributed by atoms with Gasteiger partial charge in [0.2, 0.25) is 0 Å². The molecule has 0 bridgehead atoms. The van der Waals surface area contributed by atoms with E-state index in [9.17, 15) is 0 Å². The fourth-order valence-corrected chi connectivity index (χ4v) is 13.6. The number of pyridine rings is 1. The Balaban J connectivity index is 0.886. The predicted molar refractivity (Wildman–Crippen MR) is 319 cm³/mol. The lowest BCUT2D eigenvalue weighted by atomic mass is 9.98. The van der Waals surface area contributed by atoms with Crippen molar-refractivity contribution in [1.82, 2.24) is 18.7 Å². The average Bonchev–Trinajstić information content (AvgIpc) is 4.34. The van der Waals surface area contributed by atoms with Crippen molar-refractivity contribution in [2.45, 2.75) is 6.92 Å². The van der Waals surface area contributed by atoms with E-state index in [0.717, 1.165) is 106 Å². The first-order valence-corrected chi connectivity index (χ1v) is 26.7. The van der Waals surface area contributed by atoms with E-state index in [1.165, 1.54) is 48.4 Å². The molecule has 0 radical (unpaired) electrons. The highest BCUT2D eigenvalue weighted by Crippen LogP contribution is 2.49. The number of anilines is 3. The number of aromatic nitrogens is 4. The van der Waals surface area contributed by atoms with E-state index < -0.39 is 0 Å². The normalized spacial score (nSPS) is 12.8. The third-order valence-corrected chi connectivity index (χ3v) is 17.0. The molecule has 5 aromatic heterocycles. The summed E-state index contributed by atoms with van der Waals surface area (Å²) in [7, 11) is 2.16. The van der Waals surface area contributed by atoms with Gasteiger partial charge in [-0.3, -0.25) is 4.57 Å². The van der Waals surface area contributed by atoms with E-state index in [1.54, 1.807) is 11.3 Å². The number of para-hydroxylation sites is 7. The zero-order valence-electron chi connectivity index (χ0n) is 41.6. The van der Waals surface area contributed by atoms with Crippen LogP contribution in [0.3, 0.4) is 0 Å². The van der Waals surface area contributed by atoms with Crippen molar-refractivity contribution in [3.05, 3.63) is 236 Å². The van der Waals surface area contributed by atoms with Gasteiger partial charge in [0.25, 0.3) is 0 Å². The first kappa shape index (κ1) is 42.8. The molecule has 15 aromatic rings. The van der Waals surface area contributed by atoms with Gasteiger partial charge in [-0.2, -0.15) is 0 Å². The number of aryl methyl sites for hydroxylation is 1. The Labute approximate surface area is 441 Å². The van der Waals surface area contributed by atoms with Gasteiger partial charge in [-0.1, -0.05) is 127 Å². The Hall–Kier alpha value is -9.63. The van der Waals surface area contributed by atoms with Crippen molar-refractivity contribution >= 4 is 114 Å². The SMILES string of the molecule is Cc1cc(-n2c3ccccc3c3ccc(Oc4cc(N5CN(C)c6ccccc65)cc5c4sc4ccccc45)cc32)ncc1-c1c(-n2c3ccccc3c3ccccc32)cccc1-n1c2ccccc2c2ccccc21. The third-order valence-electron chi connectivity index (χ3n) is 15.8. The Kier molecular flexibility index (Phi) is 9.26. The van der Waals surface area contributed by atoms with Gasteiger partial charge in [-0.25, -0.2) is 4.98 Å². The monoisotopic (exact) mass is 994 g/mol. The number of hydrogen-bond acceptors (Lipinski definition) is 5. The van der Waals surface area contributed by atoms with Crippen LogP contribution in [-0.2, 0) is 0 Å². The summed E-state index contributed by atoms with van der Waals surface area (Å²) < 4.78 is 16.7. The molecular formula is C68H46N6OS. The quantitative estimate of drug-likeness (QED) is 0.160. The summed E-state index contributed by atoms with van der Waals surface area (Å²) in [6.45, 7) is 2.98. The van der Waals surface area contributed by atoms with E-state index in [4.69, 9.17) is 9.72 Å². The second-order valence-electron chi connectivity index (χ2n) is 20.1. The van der Waals surface area contributed by atoms with E-state index in [-0.39, 0.29) is 0 Å². The van der Waals surface area contributed by atoms with Gasteiger partial charge in [-0.05, 0) is 97.4 Å². The van der Waals surface area contributed by atoms with Crippen molar-refractivity contribution in [3.63, 3.8) is 0 Å². The highest BCUT2D eigenvalue weighted by molar-refractivity contribution is 7.26. The molecule has 0 saturated heterocycles. The zero-order chi connectivity index (χ0) is 50.2. The van der Waals surface area contributed by atoms with Crippen molar-refractivity contribution in [2.75, 3.05) is 23.5 Å². The molecule has 8 heteroatoms. The number of fused-ring (bicyclic) bond motifs is 13. The standard InChI is InChI=1S/C68H46N6OS/c1-42-36-66(69-40-53(42)67-61(72-54-24-9-3-18-45(54)46-19-4-10-25-55(46)72)31-17-32-62(67)73-56-26-11-5-20-47(56)48-21-6-12-27-57(48)73)74-58-28-13-7-22-49(58)50-35-34-44(39-63(50)74)75-64-38-43(71-41-70(2)59-29-14-15-30-60(59)71)37-52-51-23-8-16-33-65(51)76-68(52)64/h3-40H,41H2,1-2H3. The molecule has 0 N–H and O–H groups in total. The number of nitrogens with zero attached hydrogens (tertiary/aromatic N) is 6. The largest absolute Gasteiger partial charge is 0.456 e.